The van der Waals surface area contributed by atoms with Crippen LogP contribution in [0.4, 0.5) is 0 Å². The monoisotopic (exact) mass is 370 g/mol. The number of allylic oxidation sites excluding steroid dienone is 1. The molecule has 142 valence electrons. The average molecular weight is 370 g/mol. The SMILES string of the molecule is C=C1CC[C@@]23C(=O)O[C@H]4O[C@H](c5ccoc5)C[C@]14[C@@H]2CCC=C3C(=O)OC. The summed E-state index contributed by atoms with van der Waals surface area (Å²) in [7, 11) is 1.35. The minimum Gasteiger partial charge on any atom is -0.472 e. The van der Waals surface area contributed by atoms with Crippen molar-refractivity contribution in [2.45, 2.75) is 44.5 Å². The van der Waals surface area contributed by atoms with E-state index in [9.17, 15) is 9.59 Å². The molecule has 1 spiro atoms. The number of carbonyl (C=O) groups excluding carboxylic acids is 2. The third-order valence-electron chi connectivity index (χ3n) is 7.11. The minimum absolute atomic E-state index is 0.0755. The third kappa shape index (κ3) is 1.94. The largest absolute Gasteiger partial charge is 0.472 e. The molecule has 2 bridgehead atoms. The molecule has 5 rings (SSSR count). The van der Waals surface area contributed by atoms with E-state index in [2.05, 4.69) is 6.58 Å². The molecule has 2 aliphatic heterocycles. The van der Waals surface area contributed by atoms with Gasteiger partial charge in [0.2, 0.25) is 6.29 Å². The number of methoxy groups -OCH3 is 1. The lowest BCUT2D eigenvalue weighted by Crippen LogP contribution is -2.63. The van der Waals surface area contributed by atoms with E-state index in [1.165, 1.54) is 7.11 Å². The maximum Gasteiger partial charge on any atom is 0.334 e. The molecular weight excluding hydrogens is 348 g/mol. The molecule has 3 heterocycles. The van der Waals surface area contributed by atoms with E-state index in [0.717, 1.165) is 24.0 Å². The van der Waals surface area contributed by atoms with Crippen LogP contribution in [-0.2, 0) is 23.8 Å². The second-order valence-corrected chi connectivity index (χ2v) is 7.98. The summed E-state index contributed by atoms with van der Waals surface area (Å²) in [6.07, 6.45) is 7.63. The van der Waals surface area contributed by atoms with E-state index in [0.29, 0.717) is 24.8 Å². The van der Waals surface area contributed by atoms with Crippen LogP contribution in [-0.4, -0.2) is 25.3 Å². The van der Waals surface area contributed by atoms with Gasteiger partial charge in [0, 0.05) is 5.56 Å². The quantitative estimate of drug-likeness (QED) is 0.586. The van der Waals surface area contributed by atoms with Gasteiger partial charge in [0.1, 0.15) is 5.41 Å². The first-order valence-corrected chi connectivity index (χ1v) is 9.40. The zero-order valence-corrected chi connectivity index (χ0v) is 15.2. The van der Waals surface area contributed by atoms with Crippen molar-refractivity contribution < 1.29 is 28.2 Å². The number of carbonyl (C=O) groups is 2. The van der Waals surface area contributed by atoms with Crippen LogP contribution in [0.15, 0.2) is 46.8 Å². The number of hydrogen-bond acceptors (Lipinski definition) is 6. The van der Waals surface area contributed by atoms with Crippen molar-refractivity contribution in [1.82, 2.24) is 0 Å². The molecule has 0 N–H and O–H groups in total. The van der Waals surface area contributed by atoms with E-state index in [1.54, 1.807) is 12.5 Å². The lowest BCUT2D eigenvalue weighted by atomic mass is 9.46. The van der Waals surface area contributed by atoms with Crippen LogP contribution in [0.1, 0.15) is 43.8 Å². The summed E-state index contributed by atoms with van der Waals surface area (Å²) < 4.78 is 22.3. The first kappa shape index (κ1) is 16.8. The highest BCUT2D eigenvalue weighted by Crippen LogP contribution is 2.70. The fraction of sp³-hybridized carbons (Fsp3) is 0.524. The fourth-order valence-electron chi connectivity index (χ4n) is 5.90. The van der Waals surface area contributed by atoms with Gasteiger partial charge < -0.3 is 18.6 Å². The van der Waals surface area contributed by atoms with Crippen LogP contribution in [0.3, 0.4) is 0 Å². The van der Waals surface area contributed by atoms with Gasteiger partial charge >= 0.3 is 11.9 Å². The Hall–Kier alpha value is -2.34. The van der Waals surface area contributed by atoms with Crippen LogP contribution in [0, 0.1) is 16.7 Å². The van der Waals surface area contributed by atoms with Gasteiger partial charge in [0.25, 0.3) is 0 Å². The summed E-state index contributed by atoms with van der Waals surface area (Å²) in [5, 5.41) is 0. The second-order valence-electron chi connectivity index (χ2n) is 7.98. The lowest BCUT2D eigenvalue weighted by Gasteiger charge is -2.59. The van der Waals surface area contributed by atoms with Crippen molar-refractivity contribution in [1.29, 1.82) is 0 Å². The van der Waals surface area contributed by atoms with Crippen LogP contribution < -0.4 is 0 Å². The Kier molecular flexibility index (Phi) is 3.47. The Labute approximate surface area is 157 Å². The van der Waals surface area contributed by atoms with Crippen LogP contribution in [0.5, 0.6) is 0 Å². The molecule has 27 heavy (non-hydrogen) atoms. The van der Waals surface area contributed by atoms with Crippen LogP contribution in [0.2, 0.25) is 0 Å². The summed E-state index contributed by atoms with van der Waals surface area (Å²) >= 11 is 0. The number of ether oxygens (including phenoxy) is 3. The molecule has 2 saturated heterocycles. The zero-order valence-electron chi connectivity index (χ0n) is 15.2. The Morgan fingerprint density at radius 2 is 2.26 bits per heavy atom. The standard InChI is InChI=1S/C21H22O6/c1-12-6-8-20-14(17(22)24-2)4-3-5-16(20)21(12)10-15(13-7-9-25-11-13)26-19(21)27-18(20)23/h4,7,9,11,15-16,19H,1,3,5-6,8,10H2,2H3/t15-,16+,19+,20-,21+/m0/s1. The molecular formula is C21H22O6. The van der Waals surface area contributed by atoms with E-state index >= 15 is 0 Å². The van der Waals surface area contributed by atoms with Crippen LogP contribution >= 0.6 is 0 Å². The Bertz CT molecular complexity index is 852. The van der Waals surface area contributed by atoms with Crippen molar-refractivity contribution in [3.63, 3.8) is 0 Å². The molecule has 0 radical (unpaired) electrons. The predicted molar refractivity (Wildman–Crippen MR) is 93.1 cm³/mol. The van der Waals surface area contributed by atoms with Gasteiger partial charge in [0.05, 0.1) is 36.7 Å². The first-order chi connectivity index (χ1) is 13.0. The number of hydrogen-bond donors (Lipinski definition) is 0. The summed E-state index contributed by atoms with van der Waals surface area (Å²) in [5.74, 6) is -0.888. The molecule has 1 aromatic rings. The van der Waals surface area contributed by atoms with Gasteiger partial charge in [-0.2, -0.15) is 0 Å². The van der Waals surface area contributed by atoms with Crippen LogP contribution in [0.25, 0.3) is 0 Å². The Morgan fingerprint density at radius 3 is 3.00 bits per heavy atom. The van der Waals surface area contributed by atoms with Gasteiger partial charge in [-0.15, -0.1) is 0 Å². The molecule has 3 fully saturated rings. The molecule has 5 atom stereocenters. The van der Waals surface area contributed by atoms with Gasteiger partial charge in [0.15, 0.2) is 0 Å². The smallest absolute Gasteiger partial charge is 0.334 e. The lowest BCUT2D eigenvalue weighted by molar-refractivity contribution is -0.241. The molecule has 1 saturated carbocycles. The van der Waals surface area contributed by atoms with E-state index in [4.69, 9.17) is 18.6 Å². The molecule has 2 aliphatic carbocycles. The summed E-state index contributed by atoms with van der Waals surface area (Å²) in [5.41, 5.74) is 0.985. The molecule has 1 aromatic heterocycles. The normalized spacial score (nSPS) is 39.9. The maximum atomic E-state index is 13.2. The van der Waals surface area contributed by atoms with Gasteiger partial charge in [-0.25, -0.2) is 4.79 Å². The van der Waals surface area contributed by atoms with E-state index in [1.807, 2.05) is 12.1 Å². The van der Waals surface area contributed by atoms with E-state index < -0.39 is 23.1 Å². The molecule has 6 heteroatoms. The van der Waals surface area contributed by atoms with E-state index in [-0.39, 0.29) is 18.0 Å². The highest BCUT2D eigenvalue weighted by Gasteiger charge is 2.72. The molecule has 0 aromatic carbocycles. The van der Waals surface area contributed by atoms with Crippen molar-refractivity contribution >= 4 is 11.9 Å². The minimum atomic E-state index is -0.961. The van der Waals surface area contributed by atoms with Gasteiger partial charge in [-0.3, -0.25) is 4.79 Å². The average Bonchev–Trinajstić information content (AvgIpc) is 3.33. The van der Waals surface area contributed by atoms with Gasteiger partial charge in [-0.1, -0.05) is 18.2 Å². The zero-order chi connectivity index (χ0) is 18.8. The molecule has 6 nitrogen and oxygen atoms in total. The van der Waals surface area contributed by atoms with Gasteiger partial charge in [-0.05, 0) is 44.1 Å². The third-order valence-corrected chi connectivity index (χ3v) is 7.11. The van der Waals surface area contributed by atoms with Crippen molar-refractivity contribution in [2.24, 2.45) is 16.7 Å². The first-order valence-electron chi connectivity index (χ1n) is 9.40. The predicted octanol–water partition coefficient (Wildman–Crippen LogP) is 3.46. The Balaban J connectivity index is 1.64. The Morgan fingerprint density at radius 1 is 1.41 bits per heavy atom. The molecule has 0 amide bonds. The second kappa shape index (κ2) is 5.58. The summed E-state index contributed by atoms with van der Waals surface area (Å²) in [6.45, 7) is 4.36. The maximum absolute atomic E-state index is 13.2. The topological polar surface area (TPSA) is 75.0 Å². The number of esters is 2. The highest BCUT2D eigenvalue weighted by molar-refractivity contribution is 5.99. The summed E-state index contributed by atoms with van der Waals surface area (Å²) in [4.78, 5) is 25.8. The van der Waals surface area contributed by atoms with Crippen molar-refractivity contribution in [3.8, 4) is 0 Å². The fourth-order valence-corrected chi connectivity index (χ4v) is 5.90. The number of rotatable bonds is 2. The van der Waals surface area contributed by atoms with Crippen molar-refractivity contribution in [2.75, 3.05) is 7.11 Å². The summed E-state index contributed by atoms with van der Waals surface area (Å²) in [6, 6.07) is 1.87. The molecule has 4 aliphatic rings. The highest BCUT2D eigenvalue weighted by atomic mass is 16.7. The number of furan rings is 1. The van der Waals surface area contributed by atoms with Crippen molar-refractivity contribution in [3.05, 3.63) is 48.0 Å². The molecule has 0 unspecified atom stereocenters.